The van der Waals surface area contributed by atoms with Crippen LogP contribution in [0.15, 0.2) is 24.5 Å². The number of amides is 1. The predicted octanol–water partition coefficient (Wildman–Crippen LogP) is 2.55. The number of hydrogen-bond donors (Lipinski definition) is 2. The summed E-state index contributed by atoms with van der Waals surface area (Å²) in [7, 11) is 1.56. The van der Waals surface area contributed by atoms with E-state index in [0.29, 0.717) is 63.9 Å². The molecule has 1 amide bonds. The average molecular weight is 463 g/mol. The summed E-state index contributed by atoms with van der Waals surface area (Å²) in [5.74, 6) is 1.67. The van der Waals surface area contributed by atoms with E-state index in [4.69, 9.17) is 9.72 Å². The van der Waals surface area contributed by atoms with Gasteiger partial charge in [-0.2, -0.15) is 9.97 Å². The minimum Gasteiger partial charge on any atom is -0.421 e. The molecular formula is C23H22FN7O3. The van der Waals surface area contributed by atoms with E-state index in [2.05, 4.69) is 24.8 Å². The predicted molar refractivity (Wildman–Crippen MR) is 122 cm³/mol. The summed E-state index contributed by atoms with van der Waals surface area (Å²) in [6, 6.07) is 2.80. The first-order valence-corrected chi connectivity index (χ1v) is 11.0. The molecule has 34 heavy (non-hydrogen) atoms. The Kier molecular flexibility index (Phi) is 4.63. The van der Waals surface area contributed by atoms with Crippen LogP contribution < -0.4 is 14.5 Å². The zero-order valence-electron chi connectivity index (χ0n) is 18.6. The molecule has 1 saturated heterocycles. The average Bonchev–Trinajstić information content (AvgIpc) is 3.36. The summed E-state index contributed by atoms with van der Waals surface area (Å²) in [6.45, 7) is 3.14. The fourth-order valence-corrected chi connectivity index (χ4v) is 5.00. The summed E-state index contributed by atoms with van der Waals surface area (Å²) in [5.41, 5.74) is 1.41. The molecule has 3 aromatic heterocycles. The van der Waals surface area contributed by atoms with Crippen LogP contribution in [0.2, 0.25) is 0 Å². The van der Waals surface area contributed by atoms with E-state index < -0.39 is 5.82 Å². The van der Waals surface area contributed by atoms with E-state index >= 15 is 0 Å². The number of aromatic nitrogens is 5. The second kappa shape index (κ2) is 7.59. The smallest absolute Gasteiger partial charge is 0.326 e. The summed E-state index contributed by atoms with van der Waals surface area (Å²) in [5, 5.41) is 11.4. The van der Waals surface area contributed by atoms with Crippen LogP contribution in [0.5, 0.6) is 11.8 Å². The molecule has 174 valence electrons. The van der Waals surface area contributed by atoms with Gasteiger partial charge in [0, 0.05) is 31.4 Å². The first-order valence-electron chi connectivity index (χ1n) is 11.0. The van der Waals surface area contributed by atoms with Gasteiger partial charge in [-0.25, -0.2) is 14.4 Å². The zero-order valence-corrected chi connectivity index (χ0v) is 18.6. The monoisotopic (exact) mass is 463 g/mol. The molecule has 3 atom stereocenters. The maximum atomic E-state index is 14.6. The Morgan fingerprint density at radius 1 is 1.26 bits per heavy atom. The third kappa shape index (κ3) is 3.23. The lowest BCUT2D eigenvalue weighted by atomic mass is 9.74. The number of carbonyl (C=O) groups is 1. The number of aliphatic hydroxyl groups excluding tert-OH is 1. The first-order chi connectivity index (χ1) is 16.4. The van der Waals surface area contributed by atoms with Gasteiger partial charge in [0.2, 0.25) is 6.41 Å². The summed E-state index contributed by atoms with van der Waals surface area (Å²) in [4.78, 5) is 35.6. The van der Waals surface area contributed by atoms with E-state index in [1.807, 2.05) is 0 Å². The Bertz CT molecular complexity index is 1420. The van der Waals surface area contributed by atoms with Crippen LogP contribution in [0, 0.1) is 24.6 Å². The van der Waals surface area contributed by atoms with Crippen LogP contribution in [0.3, 0.4) is 0 Å². The molecular weight excluding hydrogens is 441 g/mol. The molecule has 2 fully saturated rings. The number of aliphatic hydroxyl groups is 1. The number of halogens is 1. The number of nitrogens with zero attached hydrogens (tertiary/aromatic N) is 6. The van der Waals surface area contributed by atoms with Crippen molar-refractivity contribution in [1.82, 2.24) is 24.9 Å². The standard InChI is InChI=1S/C23H22FN7O3/c1-11-25-6-14(7-26-11)34-23-28-21-19(22(29-23)31-8-12-3-18(33)16(12)9-31)15-4-13(24)5-17(20(15)27-21)30(2)10-32/h4-7,10,12,16,18,33H,3,8-9H2,1-2H3,(H,27,28,29). The van der Waals surface area contributed by atoms with Crippen LogP contribution >= 0.6 is 0 Å². The molecule has 2 aliphatic rings. The highest BCUT2D eigenvalue weighted by atomic mass is 19.1. The molecule has 1 aromatic carbocycles. The number of carbonyl (C=O) groups excluding carboxylic acids is 1. The van der Waals surface area contributed by atoms with Gasteiger partial charge in [0.25, 0.3) is 0 Å². The van der Waals surface area contributed by atoms with Gasteiger partial charge < -0.3 is 24.6 Å². The Labute approximate surface area is 193 Å². The Morgan fingerprint density at radius 2 is 2.06 bits per heavy atom. The van der Waals surface area contributed by atoms with Crippen LogP contribution in [-0.4, -0.2) is 62.7 Å². The van der Waals surface area contributed by atoms with Gasteiger partial charge >= 0.3 is 6.01 Å². The second-order valence-electron chi connectivity index (χ2n) is 8.94. The highest BCUT2D eigenvalue weighted by Crippen LogP contribution is 2.45. The Balaban J connectivity index is 1.54. The molecule has 1 aliphatic heterocycles. The molecule has 4 aromatic rings. The minimum absolute atomic E-state index is 0.0899. The van der Waals surface area contributed by atoms with Crippen molar-refractivity contribution in [3.05, 3.63) is 36.2 Å². The normalized spacial score (nSPS) is 21.5. The minimum atomic E-state index is -0.475. The fourth-order valence-electron chi connectivity index (χ4n) is 5.00. The third-order valence-electron chi connectivity index (χ3n) is 6.80. The number of H-pyrrole nitrogens is 1. The topological polar surface area (TPSA) is 120 Å². The number of fused-ring (bicyclic) bond motifs is 4. The van der Waals surface area contributed by atoms with Crippen molar-refractivity contribution in [1.29, 1.82) is 0 Å². The van der Waals surface area contributed by atoms with Crippen molar-refractivity contribution in [2.24, 2.45) is 11.8 Å². The van der Waals surface area contributed by atoms with Gasteiger partial charge in [0.1, 0.15) is 23.1 Å². The quantitative estimate of drug-likeness (QED) is 0.433. The lowest BCUT2D eigenvalue weighted by Crippen LogP contribution is -2.39. The molecule has 0 bridgehead atoms. The molecule has 10 nitrogen and oxygen atoms in total. The van der Waals surface area contributed by atoms with Gasteiger partial charge in [-0.15, -0.1) is 0 Å². The molecule has 4 heterocycles. The van der Waals surface area contributed by atoms with Gasteiger partial charge in [-0.1, -0.05) is 0 Å². The van der Waals surface area contributed by atoms with Crippen molar-refractivity contribution < 1.29 is 19.0 Å². The van der Waals surface area contributed by atoms with Crippen LogP contribution in [0.1, 0.15) is 12.2 Å². The number of anilines is 2. The maximum Gasteiger partial charge on any atom is 0.326 e. The summed E-state index contributed by atoms with van der Waals surface area (Å²) in [6.07, 6.45) is 4.15. The van der Waals surface area contributed by atoms with E-state index in [0.717, 1.165) is 13.0 Å². The number of nitrogens with one attached hydrogen (secondary N) is 1. The number of rotatable bonds is 5. The molecule has 6 rings (SSSR count). The maximum absolute atomic E-state index is 14.6. The number of benzene rings is 1. The molecule has 11 heteroatoms. The van der Waals surface area contributed by atoms with Gasteiger partial charge in [0.15, 0.2) is 5.75 Å². The van der Waals surface area contributed by atoms with Crippen LogP contribution in [-0.2, 0) is 4.79 Å². The molecule has 2 N–H and O–H groups in total. The molecule has 3 unspecified atom stereocenters. The van der Waals surface area contributed by atoms with Crippen molar-refractivity contribution in [3.8, 4) is 11.8 Å². The number of aromatic amines is 1. The lowest BCUT2D eigenvalue weighted by Gasteiger charge is -2.34. The Morgan fingerprint density at radius 3 is 2.76 bits per heavy atom. The fraction of sp³-hybridized carbons (Fsp3) is 0.348. The summed E-state index contributed by atoms with van der Waals surface area (Å²) < 4.78 is 20.5. The van der Waals surface area contributed by atoms with Crippen molar-refractivity contribution in [3.63, 3.8) is 0 Å². The molecule has 1 saturated carbocycles. The SMILES string of the molecule is Cc1ncc(Oc2nc(N3CC4CC(O)C4C3)c3c(n2)[nH]c2c(N(C)C=O)cc(F)cc23)cn1. The van der Waals surface area contributed by atoms with Crippen molar-refractivity contribution in [2.75, 3.05) is 29.9 Å². The van der Waals surface area contributed by atoms with Crippen LogP contribution in [0.4, 0.5) is 15.9 Å². The molecule has 1 aliphatic carbocycles. The highest BCUT2D eigenvalue weighted by molar-refractivity contribution is 6.15. The first kappa shape index (κ1) is 20.7. The van der Waals surface area contributed by atoms with Crippen molar-refractivity contribution in [2.45, 2.75) is 19.4 Å². The molecule has 0 spiro atoms. The van der Waals surface area contributed by atoms with E-state index in [1.165, 1.54) is 17.0 Å². The summed E-state index contributed by atoms with van der Waals surface area (Å²) >= 11 is 0. The van der Waals surface area contributed by atoms with Crippen LogP contribution in [0.25, 0.3) is 21.9 Å². The number of hydrogen-bond acceptors (Lipinski definition) is 8. The highest BCUT2D eigenvalue weighted by Gasteiger charge is 2.47. The Hall–Kier alpha value is -3.86. The number of ether oxygens (including phenoxy) is 1. The van der Waals surface area contributed by atoms with E-state index in [1.54, 1.807) is 26.4 Å². The van der Waals surface area contributed by atoms with E-state index in [-0.39, 0.29) is 18.0 Å². The largest absolute Gasteiger partial charge is 0.421 e. The van der Waals surface area contributed by atoms with Gasteiger partial charge in [0.05, 0.1) is 35.1 Å². The van der Waals surface area contributed by atoms with E-state index in [9.17, 15) is 14.3 Å². The zero-order chi connectivity index (χ0) is 23.6. The second-order valence-corrected chi connectivity index (χ2v) is 8.94. The van der Waals surface area contributed by atoms with Gasteiger partial charge in [-0.3, -0.25) is 4.79 Å². The van der Waals surface area contributed by atoms with Gasteiger partial charge in [-0.05, 0) is 31.4 Å². The lowest BCUT2D eigenvalue weighted by molar-refractivity contribution is -0.107. The number of aryl methyl sites for hydroxylation is 1. The molecule has 0 radical (unpaired) electrons. The van der Waals surface area contributed by atoms with Crippen molar-refractivity contribution >= 4 is 39.9 Å². The third-order valence-corrected chi connectivity index (χ3v) is 6.80.